The summed E-state index contributed by atoms with van der Waals surface area (Å²) in [5.41, 5.74) is -0.147. The predicted octanol–water partition coefficient (Wildman–Crippen LogP) is 4.32. The Labute approximate surface area is 204 Å². The molecule has 1 aliphatic heterocycles. The van der Waals surface area contributed by atoms with Crippen LogP contribution in [-0.4, -0.2) is 45.0 Å². The number of hydrogen-bond acceptors (Lipinski definition) is 6. The first-order valence-corrected chi connectivity index (χ1v) is 11.4. The number of non-ortho nitro benzene ring substituents is 1. The number of benzene rings is 2. The fourth-order valence-corrected chi connectivity index (χ4v) is 4.90. The van der Waals surface area contributed by atoms with Gasteiger partial charge in [-0.2, -0.15) is 5.01 Å². The highest BCUT2D eigenvalue weighted by Gasteiger charge is 2.52. The van der Waals surface area contributed by atoms with Crippen LogP contribution in [0.3, 0.4) is 0 Å². The monoisotopic (exact) mass is 503 g/mol. The van der Waals surface area contributed by atoms with Gasteiger partial charge < -0.3 is 0 Å². The summed E-state index contributed by atoms with van der Waals surface area (Å²) >= 11 is 12.1. The SMILES string of the molecule is O=C(CN(C(=O)c1ccc(Cl)cc1Cl)N1C(=O)[C@H]2CCCC[C@H]2C1=O)c1ccc([N+](=O)[O-])cc1. The summed E-state index contributed by atoms with van der Waals surface area (Å²) in [4.78, 5) is 63.2. The van der Waals surface area contributed by atoms with Crippen LogP contribution in [0.5, 0.6) is 0 Å². The Hall–Kier alpha value is -3.30. The zero-order valence-electron chi connectivity index (χ0n) is 17.8. The molecule has 0 spiro atoms. The zero-order chi connectivity index (χ0) is 24.6. The molecule has 1 aliphatic carbocycles. The van der Waals surface area contributed by atoms with E-state index in [4.69, 9.17) is 23.2 Å². The minimum absolute atomic E-state index is 0.00166. The Balaban J connectivity index is 1.70. The molecule has 0 aromatic heterocycles. The molecule has 0 bridgehead atoms. The molecule has 9 nitrogen and oxygen atoms in total. The number of carbonyl (C=O) groups is 4. The van der Waals surface area contributed by atoms with Crippen LogP contribution < -0.4 is 0 Å². The molecule has 0 N–H and O–H groups in total. The number of amides is 3. The number of hydrogen-bond donors (Lipinski definition) is 0. The predicted molar refractivity (Wildman–Crippen MR) is 122 cm³/mol. The summed E-state index contributed by atoms with van der Waals surface area (Å²) < 4.78 is 0. The number of hydrazine groups is 1. The fourth-order valence-electron chi connectivity index (χ4n) is 4.41. The molecule has 1 saturated heterocycles. The number of rotatable bonds is 6. The number of nitro groups is 1. The van der Waals surface area contributed by atoms with E-state index in [0.29, 0.717) is 12.8 Å². The Kier molecular flexibility index (Phi) is 6.67. The van der Waals surface area contributed by atoms with Gasteiger partial charge in [0.1, 0.15) is 6.54 Å². The van der Waals surface area contributed by atoms with Crippen molar-refractivity contribution in [3.8, 4) is 0 Å². The molecule has 0 radical (unpaired) electrons. The number of nitrogens with zero attached hydrogens (tertiary/aromatic N) is 3. The number of halogens is 2. The number of carbonyl (C=O) groups excluding carboxylic acids is 4. The maximum absolute atomic E-state index is 13.5. The van der Waals surface area contributed by atoms with E-state index in [0.717, 1.165) is 35.0 Å². The van der Waals surface area contributed by atoms with Gasteiger partial charge in [0, 0.05) is 22.7 Å². The Morgan fingerprint density at radius 3 is 2.12 bits per heavy atom. The van der Waals surface area contributed by atoms with Crippen LogP contribution in [0.25, 0.3) is 0 Å². The molecule has 1 saturated carbocycles. The van der Waals surface area contributed by atoms with Crippen molar-refractivity contribution in [2.24, 2.45) is 11.8 Å². The average Bonchev–Trinajstić information content (AvgIpc) is 3.07. The van der Waals surface area contributed by atoms with Crippen molar-refractivity contribution in [3.63, 3.8) is 0 Å². The minimum Gasteiger partial charge on any atom is -0.292 e. The summed E-state index contributed by atoms with van der Waals surface area (Å²) in [5.74, 6) is -3.53. The van der Waals surface area contributed by atoms with Crippen molar-refractivity contribution in [2.75, 3.05) is 6.54 Å². The van der Waals surface area contributed by atoms with Crippen LogP contribution in [-0.2, 0) is 9.59 Å². The molecule has 2 aromatic rings. The first kappa shape index (κ1) is 23.8. The summed E-state index contributed by atoms with van der Waals surface area (Å²) in [6.45, 7) is -0.632. The van der Waals surface area contributed by atoms with Crippen LogP contribution in [0, 0.1) is 22.0 Å². The van der Waals surface area contributed by atoms with Crippen molar-refractivity contribution >= 4 is 52.4 Å². The van der Waals surface area contributed by atoms with Crippen molar-refractivity contribution < 1.29 is 24.1 Å². The van der Waals surface area contributed by atoms with E-state index in [-0.39, 0.29) is 26.9 Å². The number of nitro benzene ring substituents is 1. The first-order chi connectivity index (χ1) is 16.2. The smallest absolute Gasteiger partial charge is 0.274 e. The maximum atomic E-state index is 13.5. The Morgan fingerprint density at radius 1 is 1.00 bits per heavy atom. The molecule has 2 atom stereocenters. The maximum Gasteiger partial charge on any atom is 0.274 e. The van der Waals surface area contributed by atoms with Crippen molar-refractivity contribution in [2.45, 2.75) is 25.7 Å². The third-order valence-corrected chi connectivity index (χ3v) is 6.70. The normalized spacial score (nSPS) is 19.6. The van der Waals surface area contributed by atoms with Crippen LogP contribution in [0.2, 0.25) is 10.0 Å². The van der Waals surface area contributed by atoms with Crippen LogP contribution in [0.1, 0.15) is 46.4 Å². The van der Waals surface area contributed by atoms with E-state index in [2.05, 4.69) is 0 Å². The highest BCUT2D eigenvalue weighted by Crippen LogP contribution is 2.39. The van der Waals surface area contributed by atoms with Gasteiger partial charge in [-0.15, -0.1) is 0 Å². The topological polar surface area (TPSA) is 118 Å². The minimum atomic E-state index is -0.808. The summed E-state index contributed by atoms with van der Waals surface area (Å²) in [7, 11) is 0. The van der Waals surface area contributed by atoms with E-state index in [1.165, 1.54) is 30.3 Å². The van der Waals surface area contributed by atoms with Gasteiger partial charge in [-0.05, 0) is 43.2 Å². The van der Waals surface area contributed by atoms with E-state index in [1.807, 2.05) is 0 Å². The van der Waals surface area contributed by atoms with E-state index < -0.39 is 46.8 Å². The second kappa shape index (κ2) is 9.52. The van der Waals surface area contributed by atoms with Gasteiger partial charge in [-0.1, -0.05) is 36.0 Å². The number of ketones is 1. The molecule has 0 unspecified atom stereocenters. The summed E-state index contributed by atoms with van der Waals surface area (Å²) in [5, 5.41) is 12.8. The molecular weight excluding hydrogens is 485 g/mol. The van der Waals surface area contributed by atoms with Crippen molar-refractivity contribution in [1.82, 2.24) is 10.0 Å². The van der Waals surface area contributed by atoms with Crippen LogP contribution in [0.15, 0.2) is 42.5 Å². The third kappa shape index (κ3) is 4.41. The first-order valence-electron chi connectivity index (χ1n) is 10.6. The summed E-state index contributed by atoms with van der Waals surface area (Å²) in [6, 6.07) is 8.98. The van der Waals surface area contributed by atoms with E-state index in [9.17, 15) is 29.3 Å². The van der Waals surface area contributed by atoms with Gasteiger partial charge in [-0.25, -0.2) is 5.01 Å². The van der Waals surface area contributed by atoms with Gasteiger partial charge in [0.2, 0.25) is 0 Å². The molecule has 3 amide bonds. The molecule has 1 heterocycles. The van der Waals surface area contributed by atoms with Crippen molar-refractivity contribution in [3.05, 3.63) is 73.8 Å². The second-order valence-corrected chi connectivity index (χ2v) is 9.04. The molecule has 11 heteroatoms. The van der Waals surface area contributed by atoms with Crippen LogP contribution in [0.4, 0.5) is 5.69 Å². The van der Waals surface area contributed by atoms with E-state index in [1.54, 1.807) is 0 Å². The highest BCUT2D eigenvalue weighted by atomic mass is 35.5. The van der Waals surface area contributed by atoms with Crippen molar-refractivity contribution in [1.29, 1.82) is 0 Å². The lowest BCUT2D eigenvalue weighted by Gasteiger charge is -2.30. The van der Waals surface area contributed by atoms with Gasteiger partial charge in [-0.3, -0.25) is 29.3 Å². The zero-order valence-corrected chi connectivity index (χ0v) is 19.3. The lowest BCUT2D eigenvalue weighted by Crippen LogP contribution is -2.52. The number of fused-ring (bicyclic) bond motifs is 1. The fraction of sp³-hybridized carbons (Fsp3) is 0.304. The summed E-state index contributed by atoms with van der Waals surface area (Å²) in [6.07, 6.45) is 2.66. The second-order valence-electron chi connectivity index (χ2n) is 8.20. The molecule has 34 heavy (non-hydrogen) atoms. The Morgan fingerprint density at radius 2 is 1.59 bits per heavy atom. The standard InChI is InChI=1S/C23H19Cl2N3O6/c24-14-7-10-18(19(25)11-14)21(30)26(12-20(29)13-5-8-15(9-6-13)28(33)34)27-22(31)16-3-1-2-4-17(16)23(27)32/h5-11,16-17H,1-4,12H2/t16-,17+. The van der Waals surface area contributed by atoms with Gasteiger partial charge in [0.05, 0.1) is 27.3 Å². The molecule has 2 aromatic carbocycles. The van der Waals surface area contributed by atoms with E-state index >= 15 is 0 Å². The van der Waals surface area contributed by atoms with Gasteiger partial charge in [0.15, 0.2) is 5.78 Å². The lowest BCUT2D eigenvalue weighted by atomic mass is 9.81. The quantitative estimate of drug-likeness (QED) is 0.250. The number of imide groups is 1. The Bertz CT molecular complexity index is 1180. The average molecular weight is 504 g/mol. The van der Waals surface area contributed by atoms with Gasteiger partial charge >= 0.3 is 0 Å². The molecule has 2 fully saturated rings. The highest BCUT2D eigenvalue weighted by molar-refractivity contribution is 6.36. The molecule has 176 valence electrons. The van der Waals surface area contributed by atoms with Crippen LogP contribution >= 0.6 is 23.2 Å². The molecule has 4 rings (SSSR count). The molecular formula is C23H19Cl2N3O6. The molecule has 2 aliphatic rings. The lowest BCUT2D eigenvalue weighted by molar-refractivity contribution is -0.384. The van der Waals surface area contributed by atoms with Gasteiger partial charge in [0.25, 0.3) is 23.4 Å². The third-order valence-electron chi connectivity index (χ3n) is 6.15. The number of Topliss-reactive ketones (excluding diaryl/α,β-unsaturated/α-hetero) is 1. The largest absolute Gasteiger partial charge is 0.292 e.